The van der Waals surface area contributed by atoms with Gasteiger partial charge in [-0.2, -0.15) is 0 Å². The maximum absolute atomic E-state index is 11.6. The molecule has 0 aliphatic heterocycles. The lowest BCUT2D eigenvalue weighted by Gasteiger charge is -2.08. The molecule has 0 fully saturated rings. The molecule has 0 unspecified atom stereocenters. The lowest BCUT2D eigenvalue weighted by atomic mass is 10.0. The molecule has 0 aliphatic carbocycles. The predicted molar refractivity (Wildman–Crippen MR) is 76.2 cm³/mol. The van der Waals surface area contributed by atoms with Crippen LogP contribution in [-0.4, -0.2) is 25.2 Å². The van der Waals surface area contributed by atoms with Crippen molar-refractivity contribution in [2.24, 2.45) is 0 Å². The van der Waals surface area contributed by atoms with Crippen LogP contribution in [0.5, 0.6) is 0 Å². The second kappa shape index (κ2) is 8.69. The van der Waals surface area contributed by atoms with Crippen molar-refractivity contribution in [1.29, 1.82) is 0 Å². The van der Waals surface area contributed by atoms with Crippen LogP contribution in [0.1, 0.15) is 11.1 Å². The van der Waals surface area contributed by atoms with Crippen molar-refractivity contribution in [3.05, 3.63) is 60.7 Å². The van der Waals surface area contributed by atoms with Crippen molar-refractivity contribution in [1.82, 2.24) is 0 Å². The Morgan fingerprint density at radius 3 is 1.65 bits per heavy atom. The molecule has 1 aromatic rings. The molecule has 0 aromatic heterocycles. The molecule has 0 bridgehead atoms. The third kappa shape index (κ3) is 5.52. The van der Waals surface area contributed by atoms with Crippen LogP contribution >= 0.6 is 0 Å². The summed E-state index contributed by atoms with van der Waals surface area (Å²) in [6.45, 7) is 7.32. The van der Waals surface area contributed by atoms with E-state index in [0.29, 0.717) is 0 Å². The summed E-state index contributed by atoms with van der Waals surface area (Å²) < 4.78 is 9.87. The van der Waals surface area contributed by atoms with Gasteiger partial charge in [0.15, 0.2) is 0 Å². The molecule has 0 heterocycles. The van der Waals surface area contributed by atoms with Crippen molar-refractivity contribution in [2.45, 2.75) is 12.8 Å². The number of ether oxygens (including phenoxy) is 2. The van der Waals surface area contributed by atoms with E-state index in [1.54, 1.807) is 12.1 Å². The average molecular weight is 274 g/mol. The van der Waals surface area contributed by atoms with Crippen molar-refractivity contribution < 1.29 is 19.1 Å². The first-order valence-corrected chi connectivity index (χ1v) is 6.27. The number of carbonyl (C=O) groups excluding carboxylic acids is 2. The van der Waals surface area contributed by atoms with E-state index in [1.165, 1.54) is 12.2 Å². The second-order valence-electron chi connectivity index (χ2n) is 4.07. The van der Waals surface area contributed by atoms with Crippen LogP contribution in [0.4, 0.5) is 0 Å². The summed E-state index contributed by atoms with van der Waals surface area (Å²) in [7, 11) is 0. The molecule has 0 saturated heterocycles. The van der Waals surface area contributed by atoms with Gasteiger partial charge < -0.3 is 9.47 Å². The van der Waals surface area contributed by atoms with E-state index in [1.807, 2.05) is 12.1 Å². The molecule has 4 nitrogen and oxygen atoms in total. The lowest BCUT2D eigenvalue weighted by Crippen LogP contribution is -2.13. The lowest BCUT2D eigenvalue weighted by molar-refractivity contribution is -0.143. The number of benzene rings is 1. The zero-order chi connectivity index (χ0) is 14.8. The zero-order valence-electron chi connectivity index (χ0n) is 11.3. The summed E-state index contributed by atoms with van der Waals surface area (Å²) in [6.07, 6.45) is 3.27. The molecule has 4 heteroatoms. The third-order valence-electron chi connectivity index (χ3n) is 2.51. The van der Waals surface area contributed by atoms with Gasteiger partial charge in [-0.05, 0) is 11.1 Å². The summed E-state index contributed by atoms with van der Waals surface area (Å²) in [5, 5.41) is 0. The highest BCUT2D eigenvalue weighted by atomic mass is 16.5. The third-order valence-corrected chi connectivity index (χ3v) is 2.51. The van der Waals surface area contributed by atoms with Crippen LogP contribution < -0.4 is 0 Å². The van der Waals surface area contributed by atoms with E-state index in [0.717, 1.165) is 11.1 Å². The van der Waals surface area contributed by atoms with Crippen molar-refractivity contribution in [2.75, 3.05) is 13.2 Å². The highest BCUT2D eigenvalue weighted by molar-refractivity contribution is 5.76. The quantitative estimate of drug-likeness (QED) is 0.539. The van der Waals surface area contributed by atoms with E-state index in [-0.39, 0.29) is 38.0 Å². The van der Waals surface area contributed by atoms with E-state index in [9.17, 15) is 9.59 Å². The molecule has 0 aliphatic rings. The van der Waals surface area contributed by atoms with Crippen LogP contribution in [0, 0.1) is 0 Å². The molecule has 20 heavy (non-hydrogen) atoms. The van der Waals surface area contributed by atoms with Gasteiger partial charge in [-0.1, -0.05) is 49.6 Å². The SMILES string of the molecule is C=CCOC(=O)Cc1ccccc1CC(=O)OCC=C. The minimum absolute atomic E-state index is 0.124. The van der Waals surface area contributed by atoms with Gasteiger partial charge in [0, 0.05) is 0 Å². The first kappa shape index (κ1) is 15.7. The molecule has 0 atom stereocenters. The summed E-state index contributed by atoms with van der Waals surface area (Å²) in [5.41, 5.74) is 1.52. The summed E-state index contributed by atoms with van der Waals surface area (Å²) in [6, 6.07) is 7.22. The van der Waals surface area contributed by atoms with Gasteiger partial charge >= 0.3 is 11.9 Å². The van der Waals surface area contributed by atoms with Gasteiger partial charge in [0.2, 0.25) is 0 Å². The number of hydrogen-bond acceptors (Lipinski definition) is 4. The molecule has 0 radical (unpaired) electrons. The number of rotatable bonds is 8. The summed E-state index contributed by atoms with van der Waals surface area (Å²) >= 11 is 0. The van der Waals surface area contributed by atoms with Crippen LogP contribution in [0.15, 0.2) is 49.6 Å². The minimum Gasteiger partial charge on any atom is -0.461 e. The first-order valence-electron chi connectivity index (χ1n) is 6.27. The van der Waals surface area contributed by atoms with Gasteiger partial charge in [0.05, 0.1) is 12.8 Å². The van der Waals surface area contributed by atoms with Crippen molar-refractivity contribution >= 4 is 11.9 Å². The molecule has 0 N–H and O–H groups in total. The van der Waals surface area contributed by atoms with E-state index in [4.69, 9.17) is 9.47 Å². The largest absolute Gasteiger partial charge is 0.461 e. The Labute approximate surface area is 118 Å². The highest BCUT2D eigenvalue weighted by Gasteiger charge is 2.12. The molecule has 0 amide bonds. The monoisotopic (exact) mass is 274 g/mol. The van der Waals surface area contributed by atoms with Crippen LogP contribution in [0.3, 0.4) is 0 Å². The smallest absolute Gasteiger partial charge is 0.310 e. The highest BCUT2D eigenvalue weighted by Crippen LogP contribution is 2.12. The van der Waals surface area contributed by atoms with Gasteiger partial charge in [-0.15, -0.1) is 0 Å². The van der Waals surface area contributed by atoms with Crippen LogP contribution in [0.2, 0.25) is 0 Å². The number of esters is 2. The maximum atomic E-state index is 11.6. The Hall–Kier alpha value is -2.36. The Morgan fingerprint density at radius 1 is 0.900 bits per heavy atom. The standard InChI is InChI=1S/C16H18O4/c1-3-9-19-15(17)11-13-7-5-6-8-14(13)12-16(18)20-10-4-2/h3-8H,1-2,9-12H2. The second-order valence-corrected chi connectivity index (χ2v) is 4.07. The fourth-order valence-electron chi connectivity index (χ4n) is 1.62. The molecule has 106 valence electrons. The molecule has 0 spiro atoms. The van der Waals surface area contributed by atoms with Crippen molar-refractivity contribution in [3.63, 3.8) is 0 Å². The summed E-state index contributed by atoms with van der Waals surface area (Å²) in [5.74, 6) is -0.700. The predicted octanol–water partition coefficient (Wildman–Crippen LogP) is 2.23. The topological polar surface area (TPSA) is 52.6 Å². The van der Waals surface area contributed by atoms with Crippen LogP contribution in [-0.2, 0) is 31.9 Å². The van der Waals surface area contributed by atoms with Gasteiger partial charge in [0.1, 0.15) is 13.2 Å². The van der Waals surface area contributed by atoms with E-state index < -0.39 is 0 Å². The van der Waals surface area contributed by atoms with E-state index in [2.05, 4.69) is 13.2 Å². The van der Waals surface area contributed by atoms with Crippen molar-refractivity contribution in [3.8, 4) is 0 Å². The fourth-order valence-corrected chi connectivity index (χ4v) is 1.62. The molecule has 0 saturated carbocycles. The molecule has 1 rings (SSSR count). The Morgan fingerprint density at radius 2 is 1.30 bits per heavy atom. The first-order chi connectivity index (χ1) is 9.67. The number of carbonyl (C=O) groups is 2. The number of hydrogen-bond donors (Lipinski definition) is 0. The fraction of sp³-hybridized carbons (Fsp3) is 0.250. The maximum Gasteiger partial charge on any atom is 0.310 e. The Bertz CT molecular complexity index is 446. The van der Waals surface area contributed by atoms with Crippen LogP contribution in [0.25, 0.3) is 0 Å². The zero-order valence-corrected chi connectivity index (χ0v) is 11.3. The van der Waals surface area contributed by atoms with E-state index >= 15 is 0 Å². The summed E-state index contributed by atoms with van der Waals surface area (Å²) in [4.78, 5) is 23.2. The van der Waals surface area contributed by atoms with Gasteiger partial charge in [-0.25, -0.2) is 0 Å². The average Bonchev–Trinajstić information content (AvgIpc) is 2.45. The molecule has 1 aromatic carbocycles. The van der Waals surface area contributed by atoms with Gasteiger partial charge in [0.25, 0.3) is 0 Å². The molecular formula is C16H18O4. The Kier molecular flexibility index (Phi) is 6.82. The normalized spacial score (nSPS) is 9.60. The minimum atomic E-state index is -0.350. The van der Waals surface area contributed by atoms with Gasteiger partial charge in [-0.3, -0.25) is 9.59 Å². The molecular weight excluding hydrogens is 256 g/mol. The Balaban J connectivity index is 2.67.